The lowest BCUT2D eigenvalue weighted by Crippen LogP contribution is -2.30. The number of hydrogen-bond acceptors (Lipinski definition) is 7. The molecule has 3 rings (SSSR count). The summed E-state index contributed by atoms with van der Waals surface area (Å²) in [5.74, 6) is 0.390. The smallest absolute Gasteiger partial charge is 0.254 e. The van der Waals surface area contributed by atoms with Gasteiger partial charge in [-0.15, -0.1) is 0 Å². The number of carbonyl (C=O) groups is 1. The van der Waals surface area contributed by atoms with Crippen LogP contribution in [-0.4, -0.2) is 52.4 Å². The predicted octanol–water partition coefficient (Wildman–Crippen LogP) is 2.05. The summed E-state index contributed by atoms with van der Waals surface area (Å²) in [7, 11) is 1.76. The lowest BCUT2D eigenvalue weighted by atomic mass is 9.93. The van der Waals surface area contributed by atoms with Gasteiger partial charge in [-0.05, 0) is 44.9 Å². The van der Waals surface area contributed by atoms with E-state index in [1.807, 2.05) is 0 Å². The highest BCUT2D eigenvalue weighted by Crippen LogP contribution is 2.25. The molecule has 1 aromatic heterocycles. The van der Waals surface area contributed by atoms with Crippen LogP contribution in [0.2, 0.25) is 0 Å². The molecule has 1 heterocycles. The highest BCUT2D eigenvalue weighted by atomic mass is 16.5. The van der Waals surface area contributed by atoms with Gasteiger partial charge in [-0.25, -0.2) is 4.98 Å². The van der Waals surface area contributed by atoms with Crippen molar-refractivity contribution >= 4 is 17.7 Å². The van der Waals surface area contributed by atoms with Gasteiger partial charge < -0.3 is 26.2 Å². The number of nitrogens with one attached hydrogen (secondary N) is 2. The molecule has 2 aliphatic rings. The molecule has 8 nitrogen and oxygen atoms in total. The van der Waals surface area contributed by atoms with Crippen LogP contribution < -0.4 is 16.4 Å². The first-order valence-corrected chi connectivity index (χ1v) is 9.96. The minimum atomic E-state index is -0.557. The molecule has 0 saturated heterocycles. The van der Waals surface area contributed by atoms with Crippen LogP contribution in [0.1, 0.15) is 68.1 Å². The maximum absolute atomic E-state index is 11.8. The predicted molar refractivity (Wildman–Crippen MR) is 104 cm³/mol. The summed E-state index contributed by atoms with van der Waals surface area (Å²) in [6.07, 6.45) is 9.97. The third-order valence-corrected chi connectivity index (χ3v) is 5.63. The van der Waals surface area contributed by atoms with Crippen LogP contribution >= 0.6 is 0 Å². The summed E-state index contributed by atoms with van der Waals surface area (Å²) in [5, 5.41) is 16.7. The van der Waals surface area contributed by atoms with Gasteiger partial charge in [0.15, 0.2) is 0 Å². The lowest BCUT2D eigenvalue weighted by Gasteiger charge is -2.28. The van der Waals surface area contributed by atoms with E-state index in [1.165, 1.54) is 6.20 Å². The summed E-state index contributed by atoms with van der Waals surface area (Å²) in [4.78, 5) is 20.6. The van der Waals surface area contributed by atoms with E-state index < -0.39 is 5.91 Å². The summed E-state index contributed by atoms with van der Waals surface area (Å²) in [6.45, 7) is 0. The molecule has 2 atom stereocenters. The normalized spacial score (nSPS) is 29.0. The van der Waals surface area contributed by atoms with E-state index in [4.69, 9.17) is 10.5 Å². The Kier molecular flexibility index (Phi) is 6.84. The number of aliphatic hydroxyl groups is 1. The SMILES string of the molecule is CO[C@H]1CC[C@H](Nc2ncc(C(N)=O)c(N[C@@H]3CCCC[C@@H](O)C3)n2)CC1. The molecule has 5 N–H and O–H groups in total. The van der Waals surface area contributed by atoms with Gasteiger partial charge in [-0.3, -0.25) is 4.79 Å². The maximum atomic E-state index is 11.8. The van der Waals surface area contributed by atoms with E-state index in [2.05, 4.69) is 20.6 Å². The Morgan fingerprint density at radius 3 is 2.59 bits per heavy atom. The number of rotatable bonds is 6. The van der Waals surface area contributed by atoms with Gasteiger partial charge in [0.05, 0.1) is 17.8 Å². The molecule has 0 radical (unpaired) electrons. The number of primary amides is 1. The fourth-order valence-corrected chi connectivity index (χ4v) is 4.03. The maximum Gasteiger partial charge on any atom is 0.254 e. The van der Waals surface area contributed by atoms with Gasteiger partial charge >= 0.3 is 0 Å². The highest BCUT2D eigenvalue weighted by Gasteiger charge is 2.24. The highest BCUT2D eigenvalue weighted by molar-refractivity contribution is 5.97. The van der Waals surface area contributed by atoms with Crippen LogP contribution in [0, 0.1) is 0 Å². The largest absolute Gasteiger partial charge is 0.393 e. The number of nitrogens with zero attached hydrogens (tertiary/aromatic N) is 2. The average molecular weight is 377 g/mol. The molecular weight excluding hydrogens is 346 g/mol. The van der Waals surface area contributed by atoms with E-state index in [9.17, 15) is 9.90 Å². The Morgan fingerprint density at radius 1 is 1.15 bits per heavy atom. The van der Waals surface area contributed by atoms with Crippen LogP contribution in [0.15, 0.2) is 6.20 Å². The first-order chi connectivity index (χ1) is 13.0. The van der Waals surface area contributed by atoms with Crippen LogP contribution in [0.5, 0.6) is 0 Å². The summed E-state index contributed by atoms with van der Waals surface area (Å²) >= 11 is 0. The molecule has 2 saturated carbocycles. The number of carbonyl (C=O) groups excluding carboxylic acids is 1. The van der Waals surface area contributed by atoms with Crippen molar-refractivity contribution in [2.24, 2.45) is 5.73 Å². The van der Waals surface area contributed by atoms with Crippen molar-refractivity contribution in [1.82, 2.24) is 9.97 Å². The second kappa shape index (κ2) is 9.32. The van der Waals surface area contributed by atoms with Crippen molar-refractivity contribution in [2.75, 3.05) is 17.7 Å². The van der Waals surface area contributed by atoms with Crippen molar-refractivity contribution in [3.63, 3.8) is 0 Å². The van der Waals surface area contributed by atoms with E-state index in [-0.39, 0.29) is 17.7 Å². The Bertz CT molecular complexity index is 634. The standard InChI is InChI=1S/C19H31N5O3/c1-27-15-8-6-12(7-9-15)23-19-21-11-16(17(20)26)18(24-19)22-13-4-2-3-5-14(25)10-13/h11-15,25H,2-10H2,1H3,(H2,20,26)(H2,21,22,23,24)/t12-,13-,14-,15-/m1/s1. The third-order valence-electron chi connectivity index (χ3n) is 5.63. The number of hydrogen-bond donors (Lipinski definition) is 4. The fraction of sp³-hybridized carbons (Fsp3) is 0.737. The van der Waals surface area contributed by atoms with E-state index in [0.29, 0.717) is 30.3 Å². The summed E-state index contributed by atoms with van der Waals surface area (Å²) in [5.41, 5.74) is 5.78. The number of methoxy groups -OCH3 is 1. The topological polar surface area (TPSA) is 122 Å². The Balaban J connectivity index is 1.69. The van der Waals surface area contributed by atoms with Crippen molar-refractivity contribution in [3.8, 4) is 0 Å². The van der Waals surface area contributed by atoms with Gasteiger partial charge in [0.1, 0.15) is 5.82 Å². The van der Waals surface area contributed by atoms with Crippen LogP contribution in [0.3, 0.4) is 0 Å². The molecule has 0 bridgehead atoms. The van der Waals surface area contributed by atoms with Crippen LogP contribution in [-0.2, 0) is 4.74 Å². The second-order valence-corrected chi connectivity index (χ2v) is 7.69. The Labute approximate surface area is 160 Å². The molecule has 0 spiro atoms. The van der Waals surface area contributed by atoms with Gasteiger partial charge in [0.25, 0.3) is 5.91 Å². The van der Waals surface area contributed by atoms with Crippen molar-refractivity contribution in [3.05, 3.63) is 11.8 Å². The number of ether oxygens (including phenoxy) is 1. The van der Waals surface area contributed by atoms with Crippen LogP contribution in [0.4, 0.5) is 11.8 Å². The minimum absolute atomic E-state index is 0.0699. The van der Waals surface area contributed by atoms with Crippen molar-refractivity contribution < 1.29 is 14.6 Å². The zero-order chi connectivity index (χ0) is 19.2. The van der Waals surface area contributed by atoms with Gasteiger partial charge in [-0.2, -0.15) is 4.98 Å². The number of amides is 1. The second-order valence-electron chi connectivity index (χ2n) is 7.69. The van der Waals surface area contributed by atoms with E-state index >= 15 is 0 Å². The molecule has 0 aliphatic heterocycles. The van der Waals surface area contributed by atoms with E-state index in [1.54, 1.807) is 7.11 Å². The first-order valence-electron chi connectivity index (χ1n) is 9.96. The summed E-state index contributed by atoms with van der Waals surface area (Å²) < 4.78 is 5.41. The molecular formula is C19H31N5O3. The molecule has 0 unspecified atom stereocenters. The zero-order valence-electron chi connectivity index (χ0n) is 16.0. The molecule has 0 aromatic carbocycles. The zero-order valence-corrected chi connectivity index (χ0v) is 16.0. The van der Waals surface area contributed by atoms with Crippen molar-refractivity contribution in [1.29, 1.82) is 0 Å². The molecule has 150 valence electrons. The molecule has 27 heavy (non-hydrogen) atoms. The molecule has 1 aromatic rings. The van der Waals surface area contributed by atoms with Crippen molar-refractivity contribution in [2.45, 2.75) is 82.1 Å². The number of anilines is 2. The van der Waals surface area contributed by atoms with Gasteiger partial charge in [0.2, 0.25) is 5.95 Å². The number of nitrogens with two attached hydrogens (primary N) is 1. The summed E-state index contributed by atoms with van der Waals surface area (Å²) in [6, 6.07) is 0.365. The molecule has 2 aliphatic carbocycles. The number of aliphatic hydroxyl groups excluding tert-OH is 1. The molecule has 2 fully saturated rings. The Morgan fingerprint density at radius 2 is 1.89 bits per heavy atom. The Hall–Kier alpha value is -1.93. The van der Waals surface area contributed by atoms with Gasteiger partial charge in [0, 0.05) is 25.4 Å². The minimum Gasteiger partial charge on any atom is -0.393 e. The first kappa shape index (κ1) is 19.8. The number of aromatic nitrogens is 2. The third kappa shape index (κ3) is 5.52. The van der Waals surface area contributed by atoms with E-state index in [0.717, 1.165) is 51.4 Å². The van der Waals surface area contributed by atoms with Crippen LogP contribution in [0.25, 0.3) is 0 Å². The average Bonchev–Trinajstić information content (AvgIpc) is 2.86. The molecule has 8 heteroatoms. The fourth-order valence-electron chi connectivity index (χ4n) is 4.03. The van der Waals surface area contributed by atoms with Gasteiger partial charge in [-0.1, -0.05) is 12.8 Å². The monoisotopic (exact) mass is 377 g/mol. The molecule has 1 amide bonds. The quantitative estimate of drug-likeness (QED) is 0.560. The lowest BCUT2D eigenvalue weighted by molar-refractivity contribution is 0.0681.